The van der Waals surface area contributed by atoms with Gasteiger partial charge in [0.15, 0.2) is 0 Å². The van der Waals surface area contributed by atoms with Crippen molar-refractivity contribution < 1.29 is 14.7 Å². The average molecular weight is 343 g/mol. The topological polar surface area (TPSA) is 88.4 Å². The van der Waals surface area contributed by atoms with Gasteiger partial charge in [-0.3, -0.25) is 9.59 Å². The highest BCUT2D eigenvalue weighted by atomic mass is 35.5. The molecule has 0 saturated heterocycles. The van der Waals surface area contributed by atoms with Gasteiger partial charge < -0.3 is 15.0 Å². The third kappa shape index (κ3) is 4.82. The van der Waals surface area contributed by atoms with E-state index in [4.69, 9.17) is 11.6 Å². The van der Waals surface area contributed by atoms with E-state index >= 15 is 0 Å². The summed E-state index contributed by atoms with van der Waals surface area (Å²) in [6.45, 7) is 7.19. The molecule has 1 amide bonds. The van der Waals surface area contributed by atoms with Gasteiger partial charge in [-0.2, -0.15) is 0 Å². The first-order chi connectivity index (χ1) is 10.7. The third-order valence-corrected chi connectivity index (χ3v) is 4.10. The lowest BCUT2D eigenvalue weighted by molar-refractivity contribution is -0.144. The van der Waals surface area contributed by atoms with E-state index in [9.17, 15) is 19.5 Å². The fraction of sp³-hybridized carbons (Fsp3) is 0.562. The summed E-state index contributed by atoms with van der Waals surface area (Å²) in [5.41, 5.74) is -0.362. The van der Waals surface area contributed by atoms with Crippen molar-refractivity contribution in [3.8, 4) is 0 Å². The molecule has 1 aromatic rings. The van der Waals surface area contributed by atoms with Gasteiger partial charge in [0.1, 0.15) is 12.1 Å². The molecule has 2 N–H and O–H groups in total. The van der Waals surface area contributed by atoms with Gasteiger partial charge in [0.2, 0.25) is 5.91 Å². The maximum absolute atomic E-state index is 12.6. The zero-order chi connectivity index (χ0) is 17.7. The number of amides is 1. The molecule has 7 heteroatoms. The molecule has 0 fully saturated rings. The van der Waals surface area contributed by atoms with E-state index in [-0.39, 0.29) is 17.4 Å². The number of nitrogens with one attached hydrogen (secondary N) is 1. The molecule has 0 aliphatic heterocycles. The maximum atomic E-state index is 12.6. The molecule has 0 aliphatic rings. The van der Waals surface area contributed by atoms with Crippen LogP contribution in [0, 0.1) is 11.8 Å². The summed E-state index contributed by atoms with van der Waals surface area (Å²) in [6.07, 6.45) is 2.01. The molecule has 0 spiro atoms. The van der Waals surface area contributed by atoms with Crippen molar-refractivity contribution in [1.29, 1.82) is 0 Å². The Labute approximate surface area is 140 Å². The Morgan fingerprint density at radius 1 is 1.30 bits per heavy atom. The molecule has 0 aliphatic carbocycles. The molecule has 0 aromatic carbocycles. The van der Waals surface area contributed by atoms with Gasteiger partial charge >= 0.3 is 5.97 Å². The zero-order valence-corrected chi connectivity index (χ0v) is 14.5. The number of hydrogen-bond acceptors (Lipinski definition) is 3. The first-order valence-electron chi connectivity index (χ1n) is 7.59. The van der Waals surface area contributed by atoms with Crippen molar-refractivity contribution in [1.82, 2.24) is 9.88 Å². The van der Waals surface area contributed by atoms with Crippen LogP contribution in [-0.4, -0.2) is 27.6 Å². The number of aromatic nitrogens is 1. The molecular formula is C16H23ClN2O4. The Bertz CT molecular complexity index is 627. The predicted octanol–water partition coefficient (Wildman–Crippen LogP) is 2.31. The summed E-state index contributed by atoms with van der Waals surface area (Å²) in [7, 11) is 0. The van der Waals surface area contributed by atoms with Crippen LogP contribution in [0.5, 0.6) is 0 Å². The first kappa shape index (κ1) is 19.2. The van der Waals surface area contributed by atoms with E-state index < -0.39 is 24.0 Å². The summed E-state index contributed by atoms with van der Waals surface area (Å²) >= 11 is 5.91. The number of halogens is 1. The Morgan fingerprint density at radius 2 is 1.91 bits per heavy atom. The summed E-state index contributed by atoms with van der Waals surface area (Å²) in [4.78, 5) is 36.0. The second kappa shape index (κ2) is 8.15. The van der Waals surface area contributed by atoms with Crippen LogP contribution in [0.3, 0.4) is 0 Å². The van der Waals surface area contributed by atoms with E-state index in [0.717, 1.165) is 0 Å². The van der Waals surface area contributed by atoms with Crippen LogP contribution >= 0.6 is 11.6 Å². The molecule has 1 heterocycles. The Hall–Kier alpha value is -1.82. The van der Waals surface area contributed by atoms with Crippen LogP contribution in [0.4, 0.5) is 0 Å². The molecule has 3 atom stereocenters. The minimum absolute atomic E-state index is 0.211. The highest BCUT2D eigenvalue weighted by molar-refractivity contribution is 6.30. The summed E-state index contributed by atoms with van der Waals surface area (Å²) < 4.78 is 1.25. The van der Waals surface area contributed by atoms with Crippen molar-refractivity contribution in [3.63, 3.8) is 0 Å². The van der Waals surface area contributed by atoms with E-state index in [1.807, 2.05) is 6.92 Å². The lowest BCUT2D eigenvalue weighted by Gasteiger charge is -2.27. The van der Waals surface area contributed by atoms with Crippen LogP contribution in [0.2, 0.25) is 5.02 Å². The van der Waals surface area contributed by atoms with Gasteiger partial charge in [0.05, 0.1) is 5.02 Å². The van der Waals surface area contributed by atoms with Gasteiger partial charge in [-0.15, -0.1) is 0 Å². The summed E-state index contributed by atoms with van der Waals surface area (Å²) in [6, 6.07) is 0.916. The quantitative estimate of drug-likeness (QED) is 0.795. The molecule has 0 radical (unpaired) electrons. The number of carboxylic acids is 1. The molecule has 6 nitrogen and oxygen atoms in total. The van der Waals surface area contributed by atoms with Gasteiger partial charge in [-0.25, -0.2) is 4.79 Å². The number of hydrogen-bond donors (Lipinski definition) is 2. The van der Waals surface area contributed by atoms with Gasteiger partial charge in [-0.05, 0) is 17.9 Å². The number of carboxylic acid groups (broad SMARTS) is 1. The molecule has 3 unspecified atom stereocenters. The van der Waals surface area contributed by atoms with E-state index in [1.165, 1.54) is 22.9 Å². The van der Waals surface area contributed by atoms with Crippen molar-refractivity contribution in [2.45, 2.75) is 46.2 Å². The Kier molecular flexibility index (Phi) is 6.81. The smallest absolute Gasteiger partial charge is 0.326 e. The number of nitrogens with zero attached hydrogens (tertiary/aromatic N) is 1. The van der Waals surface area contributed by atoms with Crippen molar-refractivity contribution in [3.05, 3.63) is 33.7 Å². The van der Waals surface area contributed by atoms with Gasteiger partial charge in [0.25, 0.3) is 5.56 Å². The average Bonchev–Trinajstić information content (AvgIpc) is 2.47. The number of carbonyl (C=O) groups is 2. The minimum Gasteiger partial charge on any atom is -0.480 e. The fourth-order valence-corrected chi connectivity index (χ4v) is 2.53. The monoisotopic (exact) mass is 342 g/mol. The molecule has 23 heavy (non-hydrogen) atoms. The number of rotatable bonds is 7. The van der Waals surface area contributed by atoms with Crippen LogP contribution < -0.4 is 10.9 Å². The number of carbonyl (C=O) groups excluding carboxylic acids is 1. The molecule has 1 aromatic heterocycles. The molecular weight excluding hydrogens is 320 g/mol. The second-order valence-electron chi connectivity index (χ2n) is 5.99. The van der Waals surface area contributed by atoms with Crippen molar-refractivity contribution in [2.24, 2.45) is 11.8 Å². The van der Waals surface area contributed by atoms with Crippen LogP contribution in [0.15, 0.2) is 23.1 Å². The lowest BCUT2D eigenvalue weighted by atomic mass is 9.97. The summed E-state index contributed by atoms with van der Waals surface area (Å²) in [5, 5.41) is 12.2. The Balaban J connectivity index is 3.15. The number of pyridine rings is 1. The first-order valence-corrected chi connectivity index (χ1v) is 7.97. The predicted molar refractivity (Wildman–Crippen MR) is 88.6 cm³/mol. The third-order valence-electron chi connectivity index (χ3n) is 3.88. The molecule has 128 valence electrons. The largest absolute Gasteiger partial charge is 0.480 e. The second-order valence-corrected chi connectivity index (χ2v) is 6.43. The van der Waals surface area contributed by atoms with Crippen molar-refractivity contribution >= 4 is 23.5 Å². The normalized spacial score (nSPS) is 15.0. The van der Waals surface area contributed by atoms with Gasteiger partial charge in [-0.1, -0.05) is 45.7 Å². The van der Waals surface area contributed by atoms with Crippen LogP contribution in [0.1, 0.15) is 40.2 Å². The fourth-order valence-electron chi connectivity index (χ4n) is 2.37. The highest BCUT2D eigenvalue weighted by Crippen LogP contribution is 2.19. The molecule has 0 saturated carbocycles. The molecule has 1 rings (SSSR count). The van der Waals surface area contributed by atoms with Crippen molar-refractivity contribution in [2.75, 3.05) is 0 Å². The maximum Gasteiger partial charge on any atom is 0.326 e. The lowest BCUT2D eigenvalue weighted by Crippen LogP contribution is -2.49. The molecule has 0 bridgehead atoms. The highest BCUT2D eigenvalue weighted by Gasteiger charge is 2.31. The van der Waals surface area contributed by atoms with Crippen LogP contribution in [0.25, 0.3) is 0 Å². The van der Waals surface area contributed by atoms with E-state index in [1.54, 1.807) is 20.8 Å². The van der Waals surface area contributed by atoms with E-state index in [2.05, 4.69) is 5.32 Å². The number of aliphatic carboxylic acids is 1. The SMILES string of the molecule is CCC(C)C(NC(=O)C(C(C)C)n1cc(Cl)ccc1=O)C(=O)O. The van der Waals surface area contributed by atoms with E-state index in [0.29, 0.717) is 11.4 Å². The van der Waals surface area contributed by atoms with Crippen LogP contribution in [-0.2, 0) is 9.59 Å². The summed E-state index contributed by atoms with van der Waals surface area (Å²) in [5.74, 6) is -2.02. The zero-order valence-electron chi connectivity index (χ0n) is 13.7. The standard InChI is InChI=1S/C16H23ClN2O4/c1-5-10(4)13(16(22)23)18-15(21)14(9(2)3)19-8-11(17)6-7-12(19)20/h6-10,13-14H,5H2,1-4H3,(H,18,21)(H,22,23). The minimum atomic E-state index is -1.09. The van der Waals surface area contributed by atoms with Gasteiger partial charge in [0, 0.05) is 12.3 Å². The Morgan fingerprint density at radius 3 is 2.39 bits per heavy atom.